The molecular weight excluding hydrogens is 334 g/mol. The Bertz CT molecular complexity index is 594. The molecule has 0 amide bonds. The number of aliphatic carboxylic acids is 2. The van der Waals surface area contributed by atoms with Crippen molar-refractivity contribution < 1.29 is 91.9 Å². The van der Waals surface area contributed by atoms with Crippen LogP contribution in [0.3, 0.4) is 0 Å². The summed E-state index contributed by atoms with van der Waals surface area (Å²) < 4.78 is 28.9. The Labute approximate surface area is 172 Å². The minimum Gasteiger partial charge on any atom is -0.545 e. The summed E-state index contributed by atoms with van der Waals surface area (Å²) in [6.07, 6.45) is 2.10. The molecule has 0 bridgehead atoms. The average molecular weight is 344 g/mol. The van der Waals surface area contributed by atoms with Crippen molar-refractivity contribution in [3.8, 4) is 0 Å². The summed E-state index contributed by atoms with van der Waals surface area (Å²) in [4.78, 5) is 18.8. The summed E-state index contributed by atoms with van der Waals surface area (Å²) in [7, 11) is -4.00. The number of rotatable bonds is 4. The SMILES string of the molecule is O=C([O-])C=CC(=O)[O-].O=S(=O)(O)C=Cc1ccccc1.[Na+].[Na+]. The molecule has 0 aromatic heterocycles. The van der Waals surface area contributed by atoms with Crippen molar-refractivity contribution in [3.63, 3.8) is 0 Å². The third-order valence-corrected chi connectivity index (χ3v) is 2.07. The molecule has 0 saturated carbocycles. The second-order valence-corrected chi connectivity index (χ2v) is 4.50. The van der Waals surface area contributed by atoms with E-state index in [4.69, 9.17) is 4.55 Å². The van der Waals surface area contributed by atoms with E-state index in [9.17, 15) is 28.2 Å². The van der Waals surface area contributed by atoms with Gasteiger partial charge < -0.3 is 19.8 Å². The van der Waals surface area contributed by atoms with Crippen molar-refractivity contribution in [2.24, 2.45) is 0 Å². The van der Waals surface area contributed by atoms with E-state index in [1.807, 2.05) is 6.07 Å². The minimum atomic E-state index is -4.00. The molecule has 0 atom stereocenters. The van der Waals surface area contributed by atoms with E-state index in [-0.39, 0.29) is 59.1 Å². The Hall–Kier alpha value is -0.450. The molecule has 1 rings (SSSR count). The van der Waals surface area contributed by atoms with Crippen molar-refractivity contribution >= 4 is 28.1 Å². The van der Waals surface area contributed by atoms with Gasteiger partial charge in [0, 0.05) is 0 Å². The standard InChI is InChI=1S/C8H8O3S.C4H4O4.2Na/c9-12(10,11)7-6-8-4-2-1-3-5-8;5-3(6)1-2-4(7)8;;/h1-7H,(H,9,10,11);1-2H,(H,5,6)(H,7,8);;/q;;2*+1/p-2. The second-order valence-electron chi connectivity index (χ2n) is 3.20. The number of carboxylic acids is 2. The van der Waals surface area contributed by atoms with Crippen molar-refractivity contribution in [2.75, 3.05) is 0 Å². The predicted octanol–water partition coefficient (Wildman–Crippen LogP) is -7.40. The van der Waals surface area contributed by atoms with Crippen LogP contribution in [0.1, 0.15) is 5.56 Å². The predicted molar refractivity (Wildman–Crippen MR) is 66.2 cm³/mol. The third-order valence-electron chi connectivity index (χ3n) is 1.59. The summed E-state index contributed by atoms with van der Waals surface area (Å²) in [5.41, 5.74) is 0.732. The average Bonchev–Trinajstić information content (AvgIpc) is 2.35. The summed E-state index contributed by atoms with van der Waals surface area (Å²) in [5, 5.41) is 19.6. The fraction of sp³-hybridized carbons (Fsp3) is 0. The van der Waals surface area contributed by atoms with E-state index in [2.05, 4.69) is 0 Å². The van der Waals surface area contributed by atoms with Crippen molar-refractivity contribution in [1.82, 2.24) is 0 Å². The molecule has 0 unspecified atom stereocenters. The van der Waals surface area contributed by atoms with Gasteiger partial charge in [0.15, 0.2) is 0 Å². The molecule has 0 heterocycles. The maximum atomic E-state index is 10.3. The first-order valence-corrected chi connectivity index (χ1v) is 6.51. The fourth-order valence-electron chi connectivity index (χ4n) is 0.865. The molecule has 22 heavy (non-hydrogen) atoms. The van der Waals surface area contributed by atoms with Crippen molar-refractivity contribution in [3.05, 3.63) is 53.5 Å². The third kappa shape index (κ3) is 19.6. The van der Waals surface area contributed by atoms with Gasteiger partial charge in [0.25, 0.3) is 10.1 Å². The normalized spacial score (nSPS) is 10.0. The summed E-state index contributed by atoms with van der Waals surface area (Å²) in [5.74, 6) is -3.09. The van der Waals surface area contributed by atoms with Gasteiger partial charge in [-0.2, -0.15) is 8.42 Å². The van der Waals surface area contributed by atoms with Crippen LogP contribution in [0.15, 0.2) is 47.9 Å². The molecule has 0 spiro atoms. The maximum Gasteiger partial charge on any atom is 1.00 e. The van der Waals surface area contributed by atoms with E-state index in [0.29, 0.717) is 12.2 Å². The van der Waals surface area contributed by atoms with Crippen LogP contribution in [0.25, 0.3) is 6.08 Å². The van der Waals surface area contributed by atoms with Crippen molar-refractivity contribution in [1.29, 1.82) is 0 Å². The van der Waals surface area contributed by atoms with Gasteiger partial charge in [-0.3, -0.25) is 4.55 Å². The van der Waals surface area contributed by atoms with Gasteiger partial charge in [0.05, 0.1) is 17.3 Å². The van der Waals surface area contributed by atoms with Crippen molar-refractivity contribution in [2.45, 2.75) is 0 Å². The molecule has 0 radical (unpaired) electrons. The monoisotopic (exact) mass is 344 g/mol. The number of hydrogen-bond donors (Lipinski definition) is 1. The molecule has 10 heteroatoms. The Morgan fingerprint density at radius 3 is 1.68 bits per heavy atom. The van der Waals surface area contributed by atoms with Gasteiger partial charge in [-0.25, -0.2) is 0 Å². The van der Waals surface area contributed by atoms with E-state index in [0.717, 1.165) is 11.0 Å². The number of benzene rings is 1. The Kier molecular flexibility index (Phi) is 17.0. The van der Waals surface area contributed by atoms with Crippen LogP contribution in [0.2, 0.25) is 0 Å². The van der Waals surface area contributed by atoms with Crippen LogP contribution in [-0.2, 0) is 19.7 Å². The molecule has 0 saturated heterocycles. The molecule has 7 nitrogen and oxygen atoms in total. The van der Waals surface area contributed by atoms with Gasteiger partial charge in [0.2, 0.25) is 0 Å². The van der Waals surface area contributed by atoms with Gasteiger partial charge in [-0.15, -0.1) is 0 Å². The number of carbonyl (C=O) groups is 2. The molecule has 0 aliphatic carbocycles. The first-order chi connectivity index (χ1) is 9.20. The molecule has 1 aromatic rings. The smallest absolute Gasteiger partial charge is 0.545 e. The second kappa shape index (κ2) is 14.2. The molecule has 0 aliphatic heterocycles. The molecular formula is C12H10Na2O7S. The van der Waals surface area contributed by atoms with Crippen LogP contribution in [0, 0.1) is 0 Å². The molecule has 1 aromatic carbocycles. The summed E-state index contributed by atoms with van der Waals surface area (Å²) >= 11 is 0. The fourth-order valence-corrected chi connectivity index (χ4v) is 1.19. The zero-order valence-corrected chi connectivity index (χ0v) is 16.8. The zero-order valence-electron chi connectivity index (χ0n) is 12.0. The molecule has 1 N–H and O–H groups in total. The number of hydrogen-bond acceptors (Lipinski definition) is 6. The quantitative estimate of drug-likeness (QED) is 0.326. The largest absolute Gasteiger partial charge is 1.00 e. The van der Waals surface area contributed by atoms with E-state index >= 15 is 0 Å². The Balaban J connectivity index is -0.000000323. The van der Waals surface area contributed by atoms with Gasteiger partial charge in [-0.05, 0) is 23.8 Å². The molecule has 0 fully saturated rings. The minimum absolute atomic E-state index is 0. The molecule has 108 valence electrons. The number of carbonyl (C=O) groups excluding carboxylic acids is 2. The van der Waals surface area contributed by atoms with Gasteiger partial charge >= 0.3 is 59.1 Å². The summed E-state index contributed by atoms with van der Waals surface area (Å²) in [6, 6.07) is 8.86. The first-order valence-electron chi connectivity index (χ1n) is 5.01. The van der Waals surface area contributed by atoms with Gasteiger partial charge in [0.1, 0.15) is 0 Å². The van der Waals surface area contributed by atoms with Crippen LogP contribution >= 0.6 is 0 Å². The first kappa shape index (κ1) is 26.4. The van der Waals surface area contributed by atoms with E-state index in [1.54, 1.807) is 24.3 Å². The van der Waals surface area contributed by atoms with Crippen LogP contribution < -0.4 is 69.3 Å². The van der Waals surface area contributed by atoms with Crippen LogP contribution in [-0.4, -0.2) is 24.9 Å². The van der Waals surface area contributed by atoms with Crippen LogP contribution in [0.5, 0.6) is 0 Å². The van der Waals surface area contributed by atoms with Gasteiger partial charge in [-0.1, -0.05) is 30.3 Å². The molecule has 0 aliphatic rings. The Morgan fingerprint density at radius 2 is 1.36 bits per heavy atom. The maximum absolute atomic E-state index is 10.3. The topological polar surface area (TPSA) is 135 Å². The van der Waals surface area contributed by atoms with E-state index < -0.39 is 22.1 Å². The van der Waals surface area contributed by atoms with Crippen LogP contribution in [0.4, 0.5) is 0 Å². The zero-order chi connectivity index (χ0) is 15.6. The van der Waals surface area contributed by atoms with E-state index in [1.165, 1.54) is 6.08 Å². The summed E-state index contributed by atoms with van der Waals surface area (Å²) in [6.45, 7) is 0. The number of carboxylic acid groups (broad SMARTS) is 2. The Morgan fingerprint density at radius 1 is 0.955 bits per heavy atom.